The molecule has 0 aliphatic carbocycles. The monoisotopic (exact) mass is 497 g/mol. The number of thiazole rings is 1. The summed E-state index contributed by atoms with van der Waals surface area (Å²) < 4.78 is 14.1. The predicted octanol–water partition coefficient (Wildman–Crippen LogP) is 6.64. The smallest absolute Gasteiger partial charge is 0.211 e. The maximum Gasteiger partial charge on any atom is 0.211 e. The lowest BCUT2D eigenvalue weighted by molar-refractivity contribution is 0.597. The topological polar surface area (TPSA) is 74.0 Å². The van der Waals surface area contributed by atoms with Crippen molar-refractivity contribution in [1.82, 2.24) is 9.97 Å². The fourth-order valence-corrected chi connectivity index (χ4v) is 5.02. The van der Waals surface area contributed by atoms with Crippen LogP contribution >= 0.6 is 27.3 Å². The minimum atomic E-state index is -0.324. The number of hydrogen-bond donors (Lipinski definition) is 1. The van der Waals surface area contributed by atoms with Gasteiger partial charge in [0, 0.05) is 18.0 Å². The molecule has 0 saturated heterocycles. The third-order valence-electron chi connectivity index (χ3n) is 5.30. The summed E-state index contributed by atoms with van der Waals surface area (Å²) in [7, 11) is 0. The summed E-state index contributed by atoms with van der Waals surface area (Å²) in [5.41, 5.74) is 5.05. The molecule has 1 aliphatic rings. The number of unbranched alkanes of at least 4 members (excludes halogenated alkanes) is 1. The van der Waals surface area contributed by atoms with Crippen LogP contribution in [0, 0.1) is 30.0 Å². The third kappa shape index (κ3) is 4.53. The van der Waals surface area contributed by atoms with Crippen molar-refractivity contribution in [2.75, 3.05) is 11.9 Å². The summed E-state index contributed by atoms with van der Waals surface area (Å²) in [5.74, 6) is -0.118. The molecule has 0 amide bonds. The van der Waals surface area contributed by atoms with E-state index in [0.717, 1.165) is 53.1 Å². The standard InChI is InChI=1S/C23H21BrFN5S/c1-3-4-5-15-12-27-19-13(2)10-18(24)28-22(19)21(15)30-23-29-20(17(11-26)31-23)14-6-8-16(25)9-7-14/h6-10,15,27H,3-5,12H2,1-2H3. The van der Waals surface area contributed by atoms with Gasteiger partial charge in [-0.2, -0.15) is 5.26 Å². The van der Waals surface area contributed by atoms with E-state index < -0.39 is 0 Å². The Labute approximate surface area is 193 Å². The van der Waals surface area contributed by atoms with Gasteiger partial charge in [-0.3, -0.25) is 0 Å². The zero-order valence-corrected chi connectivity index (χ0v) is 19.6. The molecule has 158 valence electrons. The number of aliphatic imine (C=N–C) groups is 1. The molecule has 1 atom stereocenters. The Morgan fingerprint density at radius 3 is 2.77 bits per heavy atom. The average molecular weight is 498 g/mol. The van der Waals surface area contributed by atoms with E-state index >= 15 is 0 Å². The lowest BCUT2D eigenvalue weighted by Crippen LogP contribution is -2.31. The number of rotatable bonds is 5. The van der Waals surface area contributed by atoms with Crippen molar-refractivity contribution in [3.05, 3.63) is 56.9 Å². The summed E-state index contributed by atoms with van der Waals surface area (Å²) in [5, 5.41) is 13.7. The Bertz CT molecular complexity index is 1180. The van der Waals surface area contributed by atoms with Gasteiger partial charge in [-0.05, 0) is 65.2 Å². The van der Waals surface area contributed by atoms with Crippen molar-refractivity contribution >= 4 is 43.8 Å². The van der Waals surface area contributed by atoms with Gasteiger partial charge in [-0.25, -0.2) is 19.4 Å². The van der Waals surface area contributed by atoms with Gasteiger partial charge in [0.15, 0.2) is 0 Å². The molecule has 0 saturated carbocycles. The van der Waals surface area contributed by atoms with E-state index in [1.165, 1.54) is 23.5 Å². The first-order chi connectivity index (χ1) is 15.0. The highest BCUT2D eigenvalue weighted by Gasteiger charge is 2.28. The summed E-state index contributed by atoms with van der Waals surface area (Å²) in [6.45, 7) is 5.01. The number of benzene rings is 1. The van der Waals surface area contributed by atoms with E-state index in [-0.39, 0.29) is 11.7 Å². The summed E-state index contributed by atoms with van der Waals surface area (Å²) in [4.78, 5) is 14.7. The lowest BCUT2D eigenvalue weighted by Gasteiger charge is -2.28. The quantitative estimate of drug-likeness (QED) is 0.400. The van der Waals surface area contributed by atoms with Gasteiger partial charge in [0.2, 0.25) is 5.13 Å². The van der Waals surface area contributed by atoms with Crippen molar-refractivity contribution in [2.24, 2.45) is 10.9 Å². The highest BCUT2D eigenvalue weighted by Crippen LogP contribution is 2.36. The molecular formula is C23H21BrFN5S. The summed E-state index contributed by atoms with van der Waals surface area (Å²) >= 11 is 4.76. The zero-order valence-electron chi connectivity index (χ0n) is 17.2. The largest absolute Gasteiger partial charge is 0.382 e. The number of hydrogen-bond acceptors (Lipinski definition) is 6. The molecular weight excluding hydrogens is 477 g/mol. The molecule has 0 bridgehead atoms. The molecule has 0 fully saturated rings. The number of nitriles is 1. The molecule has 3 aromatic rings. The molecule has 0 radical (unpaired) electrons. The highest BCUT2D eigenvalue weighted by atomic mass is 79.9. The van der Waals surface area contributed by atoms with Gasteiger partial charge in [-0.1, -0.05) is 31.1 Å². The lowest BCUT2D eigenvalue weighted by atomic mass is 9.89. The zero-order chi connectivity index (χ0) is 22.0. The SMILES string of the molecule is CCCCC1CNc2c(C)cc(Br)nc2C1=Nc1nc(-c2ccc(F)cc2)c(C#N)s1. The molecule has 8 heteroatoms. The van der Waals surface area contributed by atoms with Gasteiger partial charge in [0.05, 0.1) is 11.4 Å². The van der Waals surface area contributed by atoms with Crippen molar-refractivity contribution in [1.29, 1.82) is 5.26 Å². The van der Waals surface area contributed by atoms with Crippen molar-refractivity contribution in [3.63, 3.8) is 0 Å². The second-order valence-electron chi connectivity index (χ2n) is 7.50. The van der Waals surface area contributed by atoms with Crippen LogP contribution in [0.15, 0.2) is 39.9 Å². The Balaban J connectivity index is 1.82. The first-order valence-electron chi connectivity index (χ1n) is 10.2. The van der Waals surface area contributed by atoms with Gasteiger partial charge in [-0.15, -0.1) is 0 Å². The Morgan fingerprint density at radius 2 is 2.06 bits per heavy atom. The molecule has 1 aliphatic heterocycles. The van der Waals surface area contributed by atoms with E-state index in [1.54, 1.807) is 12.1 Å². The maximum atomic E-state index is 13.3. The predicted molar refractivity (Wildman–Crippen MR) is 127 cm³/mol. The molecule has 0 spiro atoms. The van der Waals surface area contributed by atoms with Crippen molar-refractivity contribution in [2.45, 2.75) is 33.1 Å². The van der Waals surface area contributed by atoms with Crippen LogP contribution in [0.25, 0.3) is 11.3 Å². The van der Waals surface area contributed by atoms with Crippen LogP contribution in [0.1, 0.15) is 42.3 Å². The van der Waals surface area contributed by atoms with Crippen LogP contribution in [-0.2, 0) is 0 Å². The van der Waals surface area contributed by atoms with E-state index in [1.807, 2.05) is 13.0 Å². The van der Waals surface area contributed by atoms with Gasteiger partial charge >= 0.3 is 0 Å². The maximum absolute atomic E-state index is 13.3. The number of nitrogens with zero attached hydrogens (tertiary/aromatic N) is 4. The van der Waals surface area contributed by atoms with Crippen molar-refractivity contribution in [3.8, 4) is 17.3 Å². The number of aryl methyl sites for hydroxylation is 1. The molecule has 1 aromatic carbocycles. The van der Waals surface area contributed by atoms with Crippen LogP contribution in [0.4, 0.5) is 15.2 Å². The second-order valence-corrected chi connectivity index (χ2v) is 9.29. The van der Waals surface area contributed by atoms with Crippen LogP contribution < -0.4 is 5.32 Å². The summed E-state index contributed by atoms with van der Waals surface area (Å²) in [6, 6.07) is 10.2. The van der Waals surface area contributed by atoms with Crippen molar-refractivity contribution < 1.29 is 4.39 Å². The minimum absolute atomic E-state index is 0.206. The van der Waals surface area contributed by atoms with Gasteiger partial charge < -0.3 is 5.32 Å². The first-order valence-corrected chi connectivity index (χ1v) is 11.8. The van der Waals surface area contributed by atoms with Crippen LogP contribution in [0.2, 0.25) is 0 Å². The van der Waals surface area contributed by atoms with Crippen LogP contribution in [0.5, 0.6) is 0 Å². The van der Waals surface area contributed by atoms with E-state index in [4.69, 9.17) is 9.98 Å². The molecule has 3 heterocycles. The first kappa shape index (κ1) is 21.6. The number of anilines is 1. The Hall–Kier alpha value is -2.63. The fraction of sp³-hybridized carbons (Fsp3) is 0.304. The molecule has 4 rings (SSSR count). The summed E-state index contributed by atoms with van der Waals surface area (Å²) in [6.07, 6.45) is 3.19. The van der Waals surface area contributed by atoms with Crippen LogP contribution in [-0.4, -0.2) is 22.2 Å². The van der Waals surface area contributed by atoms with E-state index in [0.29, 0.717) is 21.3 Å². The minimum Gasteiger partial charge on any atom is -0.382 e. The van der Waals surface area contributed by atoms with Gasteiger partial charge in [0.25, 0.3) is 0 Å². The highest BCUT2D eigenvalue weighted by molar-refractivity contribution is 9.10. The number of fused-ring (bicyclic) bond motifs is 1. The van der Waals surface area contributed by atoms with E-state index in [2.05, 4.69) is 39.2 Å². The Kier molecular flexibility index (Phi) is 6.44. The molecule has 31 heavy (non-hydrogen) atoms. The number of halogens is 2. The molecule has 5 nitrogen and oxygen atoms in total. The average Bonchev–Trinajstić information content (AvgIpc) is 3.16. The Morgan fingerprint density at radius 1 is 1.29 bits per heavy atom. The van der Waals surface area contributed by atoms with Gasteiger partial charge in [0.1, 0.15) is 32.8 Å². The number of pyridine rings is 1. The van der Waals surface area contributed by atoms with Crippen LogP contribution in [0.3, 0.4) is 0 Å². The fourth-order valence-electron chi connectivity index (χ4n) is 3.73. The number of aromatic nitrogens is 2. The molecule has 1 unspecified atom stereocenters. The third-order valence-corrected chi connectivity index (χ3v) is 6.56. The second kappa shape index (κ2) is 9.25. The van der Waals surface area contributed by atoms with E-state index in [9.17, 15) is 9.65 Å². The molecule has 2 aromatic heterocycles. The number of nitrogens with one attached hydrogen (secondary N) is 1. The normalized spacial score (nSPS) is 16.6. The molecule has 1 N–H and O–H groups in total.